The zero-order valence-corrected chi connectivity index (χ0v) is 21.5. The number of hydrogen-bond acceptors (Lipinski definition) is 8. The molecule has 0 saturated heterocycles. The molecule has 5 rings (SSSR count). The molecule has 2 N–H and O–H groups in total. The molecule has 0 fully saturated rings. The Labute approximate surface area is 217 Å². The number of thiazole rings is 1. The highest BCUT2D eigenvalue weighted by Gasteiger charge is 2.31. The zero-order chi connectivity index (χ0) is 26.1. The largest absolute Gasteiger partial charge is 0.494 e. The number of aliphatic hydroxyl groups is 2. The predicted molar refractivity (Wildman–Crippen MR) is 140 cm³/mol. The second-order valence-corrected chi connectivity index (χ2v) is 9.74. The Kier molecular flexibility index (Phi) is 7.01. The molecule has 0 aliphatic carbocycles. The minimum absolute atomic E-state index is 0.166. The van der Waals surface area contributed by atoms with Gasteiger partial charge in [0, 0.05) is 17.7 Å². The summed E-state index contributed by atoms with van der Waals surface area (Å²) in [5, 5.41) is 18.4. The van der Waals surface area contributed by atoms with Crippen molar-refractivity contribution in [1.82, 2.24) is 4.57 Å². The van der Waals surface area contributed by atoms with E-state index in [9.17, 15) is 9.90 Å². The summed E-state index contributed by atoms with van der Waals surface area (Å²) in [4.78, 5) is 19.1. The number of ether oxygens (including phenoxy) is 3. The van der Waals surface area contributed by atoms with Crippen molar-refractivity contribution in [2.24, 2.45) is 4.99 Å². The van der Waals surface area contributed by atoms with E-state index in [-0.39, 0.29) is 5.56 Å². The molecule has 8 nitrogen and oxygen atoms in total. The molecule has 2 aliphatic heterocycles. The maximum absolute atomic E-state index is 13.8. The summed E-state index contributed by atoms with van der Waals surface area (Å²) in [6.45, 7) is 8.55. The van der Waals surface area contributed by atoms with Gasteiger partial charge in [0.25, 0.3) is 5.56 Å². The van der Waals surface area contributed by atoms with Crippen LogP contribution in [0.15, 0.2) is 75.9 Å². The molecule has 1 aromatic heterocycles. The van der Waals surface area contributed by atoms with Crippen LogP contribution in [0.4, 0.5) is 0 Å². The quantitative estimate of drug-likeness (QED) is 0.349. The van der Waals surface area contributed by atoms with Gasteiger partial charge < -0.3 is 24.4 Å². The maximum Gasteiger partial charge on any atom is 0.271 e. The highest BCUT2D eigenvalue weighted by molar-refractivity contribution is 7.07. The van der Waals surface area contributed by atoms with Crippen LogP contribution in [0.2, 0.25) is 0 Å². The van der Waals surface area contributed by atoms with E-state index in [4.69, 9.17) is 24.3 Å². The number of fused-ring (bicyclic) bond motifs is 2. The van der Waals surface area contributed by atoms with Gasteiger partial charge in [0.05, 0.1) is 23.8 Å². The normalized spacial score (nSPS) is 17.5. The zero-order valence-electron chi connectivity index (χ0n) is 20.6. The van der Waals surface area contributed by atoms with Crippen molar-refractivity contribution in [1.29, 1.82) is 0 Å². The summed E-state index contributed by atoms with van der Waals surface area (Å²) in [5.41, 5.74) is 4.20. The van der Waals surface area contributed by atoms with Crippen molar-refractivity contribution >= 4 is 17.4 Å². The van der Waals surface area contributed by atoms with Crippen molar-refractivity contribution in [3.05, 3.63) is 102 Å². The monoisotopic (exact) mass is 520 g/mol. The molecule has 37 heavy (non-hydrogen) atoms. The molecule has 192 valence electrons. The van der Waals surface area contributed by atoms with E-state index in [1.165, 1.54) is 11.3 Å². The number of hydrogen-bond donors (Lipinski definition) is 2. The average Bonchev–Trinajstić information content (AvgIpc) is 3.48. The van der Waals surface area contributed by atoms with Gasteiger partial charge in [-0.05, 0) is 54.8 Å². The van der Waals surface area contributed by atoms with Gasteiger partial charge in [-0.1, -0.05) is 42.2 Å². The lowest BCUT2D eigenvalue weighted by atomic mass is 9.93. The first-order chi connectivity index (χ1) is 17.9. The van der Waals surface area contributed by atoms with Crippen molar-refractivity contribution in [2.75, 3.05) is 19.8 Å². The van der Waals surface area contributed by atoms with E-state index in [2.05, 4.69) is 12.6 Å². The topological polar surface area (TPSA) is 103 Å². The molecule has 2 aliphatic rings. The predicted octanol–water partition coefficient (Wildman–Crippen LogP) is 2.41. The van der Waals surface area contributed by atoms with E-state index < -0.39 is 18.9 Å². The first-order valence-corrected chi connectivity index (χ1v) is 12.9. The highest BCUT2D eigenvalue weighted by Crippen LogP contribution is 2.37. The van der Waals surface area contributed by atoms with Gasteiger partial charge >= 0.3 is 0 Å². The fourth-order valence-corrected chi connectivity index (χ4v) is 5.63. The first-order valence-electron chi connectivity index (χ1n) is 12.1. The third kappa shape index (κ3) is 4.85. The summed E-state index contributed by atoms with van der Waals surface area (Å²) < 4.78 is 19.0. The Morgan fingerprint density at radius 1 is 1.32 bits per heavy atom. The number of benzene rings is 2. The summed E-state index contributed by atoms with van der Waals surface area (Å²) in [7, 11) is 0. The average molecular weight is 521 g/mol. The Morgan fingerprint density at radius 3 is 2.84 bits per heavy atom. The summed E-state index contributed by atoms with van der Waals surface area (Å²) in [5.74, 6) is 1.74. The van der Waals surface area contributed by atoms with E-state index in [0.717, 1.165) is 40.1 Å². The van der Waals surface area contributed by atoms with Crippen LogP contribution in [-0.4, -0.2) is 40.9 Å². The summed E-state index contributed by atoms with van der Waals surface area (Å²) in [6.07, 6.45) is 1.38. The Hall–Kier alpha value is -3.66. The van der Waals surface area contributed by atoms with E-state index in [0.29, 0.717) is 34.1 Å². The fraction of sp³-hybridized carbons (Fsp3) is 0.286. The molecule has 2 unspecified atom stereocenters. The van der Waals surface area contributed by atoms with Crippen LogP contribution < -0.4 is 24.4 Å². The molecule has 3 aromatic rings. The van der Waals surface area contributed by atoms with Crippen LogP contribution >= 0.6 is 11.3 Å². The molecule has 0 amide bonds. The molecule has 0 radical (unpaired) electrons. The van der Waals surface area contributed by atoms with Crippen LogP contribution in [0, 0.1) is 0 Å². The Morgan fingerprint density at radius 2 is 2.11 bits per heavy atom. The van der Waals surface area contributed by atoms with Crippen molar-refractivity contribution < 1.29 is 24.4 Å². The second-order valence-electron chi connectivity index (χ2n) is 8.73. The molecule has 0 bridgehead atoms. The summed E-state index contributed by atoms with van der Waals surface area (Å²) >= 11 is 1.32. The smallest absolute Gasteiger partial charge is 0.271 e. The number of allylic oxidation sites excluding steroid dienone is 2. The van der Waals surface area contributed by atoms with E-state index >= 15 is 0 Å². The van der Waals surface area contributed by atoms with Crippen LogP contribution in [0.5, 0.6) is 11.5 Å². The van der Waals surface area contributed by atoms with Gasteiger partial charge in [-0.3, -0.25) is 9.36 Å². The molecular weight excluding hydrogens is 492 g/mol. The molecule has 9 heteroatoms. The van der Waals surface area contributed by atoms with Gasteiger partial charge in [0.15, 0.2) is 4.80 Å². The van der Waals surface area contributed by atoms with Crippen molar-refractivity contribution in [2.45, 2.75) is 32.6 Å². The van der Waals surface area contributed by atoms with E-state index in [1.54, 1.807) is 34.9 Å². The van der Waals surface area contributed by atoms with E-state index in [1.807, 2.05) is 26.0 Å². The first kappa shape index (κ1) is 25.0. The van der Waals surface area contributed by atoms with Gasteiger partial charge in [0.2, 0.25) is 6.29 Å². The molecule has 0 spiro atoms. The second kappa shape index (κ2) is 10.4. The highest BCUT2D eigenvalue weighted by atomic mass is 32.1. The van der Waals surface area contributed by atoms with Crippen molar-refractivity contribution in [3.8, 4) is 11.5 Å². The third-order valence-electron chi connectivity index (χ3n) is 6.28. The minimum atomic E-state index is -1.29. The Balaban J connectivity index is 1.61. The lowest BCUT2D eigenvalue weighted by Gasteiger charge is -2.27. The molecule has 3 heterocycles. The molecule has 2 atom stereocenters. The lowest BCUT2D eigenvalue weighted by molar-refractivity contribution is -0.0548. The van der Waals surface area contributed by atoms with Crippen molar-refractivity contribution in [3.63, 3.8) is 0 Å². The summed E-state index contributed by atoms with van der Waals surface area (Å²) in [6, 6.07) is 12.5. The maximum atomic E-state index is 13.8. The van der Waals surface area contributed by atoms with Crippen LogP contribution in [0.3, 0.4) is 0 Å². The van der Waals surface area contributed by atoms with Crippen LogP contribution in [0.1, 0.15) is 36.6 Å². The van der Waals surface area contributed by atoms with Gasteiger partial charge in [-0.25, -0.2) is 4.99 Å². The fourth-order valence-electron chi connectivity index (χ4n) is 4.59. The van der Waals surface area contributed by atoms with Crippen LogP contribution in [0.25, 0.3) is 6.08 Å². The number of rotatable bonds is 8. The van der Waals surface area contributed by atoms with Gasteiger partial charge in [0.1, 0.15) is 23.9 Å². The SMILES string of the molecule is C=C(OCC)C1=C(C)N=c2s/c(=C\c3ccc(OC(O)CO)cc3)c(=O)n2C1c1ccc2c(c1)OCC2. The Bertz CT molecular complexity index is 1550. The standard InChI is InChI=1S/C28H28N2O6S/c1-4-34-17(3)25-16(2)29-28-30(26(25)20-8-7-19-11-12-35-22(19)14-20)27(33)23(37-28)13-18-5-9-21(10-6-18)36-24(32)15-31/h5-10,13-14,24,26,31-32H,3-4,11-12,15H2,1-2H3/b23-13-. The number of aliphatic hydroxyl groups excluding tert-OH is 2. The number of nitrogens with zero attached hydrogens (tertiary/aromatic N) is 2. The van der Waals surface area contributed by atoms with Crippen LogP contribution in [-0.2, 0) is 11.2 Å². The lowest BCUT2D eigenvalue weighted by Crippen LogP contribution is -2.38. The van der Waals surface area contributed by atoms with Gasteiger partial charge in [-0.2, -0.15) is 0 Å². The molecular formula is C28H28N2O6S. The molecule has 2 aromatic carbocycles. The van der Waals surface area contributed by atoms with Gasteiger partial charge in [-0.15, -0.1) is 0 Å². The molecule has 0 saturated carbocycles. The minimum Gasteiger partial charge on any atom is -0.494 e. The number of aromatic nitrogens is 1. The third-order valence-corrected chi connectivity index (χ3v) is 7.27.